The lowest BCUT2D eigenvalue weighted by Crippen LogP contribution is -2.40. The summed E-state index contributed by atoms with van der Waals surface area (Å²) in [6, 6.07) is 2.06. The molecule has 0 N–H and O–H groups in total. The summed E-state index contributed by atoms with van der Waals surface area (Å²) in [4.78, 5) is 12.1. The second-order valence-electron chi connectivity index (χ2n) is 8.96. The molecule has 1 fully saturated rings. The lowest BCUT2D eigenvalue weighted by atomic mass is 10.2. The third-order valence-electron chi connectivity index (χ3n) is 5.84. The van der Waals surface area contributed by atoms with Gasteiger partial charge in [0.05, 0.1) is 23.4 Å². The standard InChI is InChI=1S/C23H33N3O2SSi/c1-8-17(16-18(9-2)28-30(6,7)23(3,4)5)21-24-19-10-15-29-20(19)22(25-21)26-11-13-27-14-12-26/h8-10,15-16H,2,11-14H2,1,3-7H3. The third kappa shape index (κ3) is 4.85. The number of hydrogen-bond donors (Lipinski definition) is 0. The highest BCUT2D eigenvalue weighted by Crippen LogP contribution is 2.38. The lowest BCUT2D eigenvalue weighted by Gasteiger charge is -2.36. The number of allylic oxidation sites excluding steroid dienone is 4. The van der Waals surface area contributed by atoms with Crippen molar-refractivity contribution >= 4 is 41.3 Å². The van der Waals surface area contributed by atoms with Gasteiger partial charge < -0.3 is 14.1 Å². The largest absolute Gasteiger partial charge is 0.544 e. The minimum absolute atomic E-state index is 0.112. The van der Waals surface area contributed by atoms with Crippen molar-refractivity contribution < 1.29 is 9.16 Å². The molecule has 3 heterocycles. The van der Waals surface area contributed by atoms with Gasteiger partial charge in [-0.1, -0.05) is 33.4 Å². The summed E-state index contributed by atoms with van der Waals surface area (Å²) < 4.78 is 13.1. The van der Waals surface area contributed by atoms with Gasteiger partial charge in [0.15, 0.2) is 11.6 Å². The molecule has 0 saturated carbocycles. The number of hydrogen-bond acceptors (Lipinski definition) is 6. The zero-order valence-corrected chi connectivity index (χ0v) is 20.8. The molecule has 0 unspecified atom stereocenters. The molecule has 1 aliphatic heterocycles. The van der Waals surface area contributed by atoms with E-state index in [1.165, 1.54) is 0 Å². The normalized spacial score (nSPS) is 16.8. The van der Waals surface area contributed by atoms with E-state index in [2.05, 4.69) is 56.8 Å². The summed E-state index contributed by atoms with van der Waals surface area (Å²) in [5, 5.41) is 2.19. The number of fused-ring (bicyclic) bond motifs is 1. The van der Waals surface area contributed by atoms with Crippen LogP contribution >= 0.6 is 11.3 Å². The first-order valence-corrected chi connectivity index (χ1v) is 14.2. The Morgan fingerprint density at radius 1 is 1.27 bits per heavy atom. The van der Waals surface area contributed by atoms with Gasteiger partial charge in [0.25, 0.3) is 0 Å². The number of morpholine rings is 1. The van der Waals surface area contributed by atoms with Gasteiger partial charge in [-0.2, -0.15) is 0 Å². The molecule has 3 rings (SSSR count). The van der Waals surface area contributed by atoms with E-state index in [9.17, 15) is 0 Å². The van der Waals surface area contributed by atoms with Crippen LogP contribution in [0.25, 0.3) is 15.8 Å². The van der Waals surface area contributed by atoms with E-state index < -0.39 is 8.32 Å². The highest BCUT2D eigenvalue weighted by molar-refractivity contribution is 7.17. The number of aromatic nitrogens is 2. The van der Waals surface area contributed by atoms with Gasteiger partial charge in [0.2, 0.25) is 8.32 Å². The molecule has 30 heavy (non-hydrogen) atoms. The van der Waals surface area contributed by atoms with E-state index in [0.717, 1.165) is 53.7 Å². The molecular formula is C23H33N3O2SSi. The van der Waals surface area contributed by atoms with Crippen molar-refractivity contribution in [1.29, 1.82) is 0 Å². The molecule has 7 heteroatoms. The van der Waals surface area contributed by atoms with Crippen LogP contribution in [0.4, 0.5) is 5.82 Å². The SMILES string of the molecule is C=CC(=CC(=CC)c1nc(N2CCOCC2)c2sccc2n1)O[Si](C)(C)C(C)(C)C. The molecule has 0 aliphatic carbocycles. The van der Waals surface area contributed by atoms with Crippen molar-refractivity contribution in [3.05, 3.63) is 47.8 Å². The monoisotopic (exact) mass is 443 g/mol. The summed E-state index contributed by atoms with van der Waals surface area (Å²) in [5.41, 5.74) is 1.91. The summed E-state index contributed by atoms with van der Waals surface area (Å²) in [5.74, 6) is 2.48. The quantitative estimate of drug-likeness (QED) is 0.310. The molecule has 0 aromatic carbocycles. The van der Waals surface area contributed by atoms with Crippen LogP contribution in [0.1, 0.15) is 33.5 Å². The summed E-state index contributed by atoms with van der Waals surface area (Å²) in [7, 11) is -1.97. The summed E-state index contributed by atoms with van der Waals surface area (Å²) >= 11 is 1.69. The Labute approximate surface area is 185 Å². The van der Waals surface area contributed by atoms with Crippen LogP contribution in [0.3, 0.4) is 0 Å². The van der Waals surface area contributed by atoms with E-state index in [-0.39, 0.29) is 5.04 Å². The zero-order chi connectivity index (χ0) is 21.9. The van der Waals surface area contributed by atoms with Crippen molar-refractivity contribution in [3.8, 4) is 0 Å². The topological polar surface area (TPSA) is 47.5 Å². The average Bonchev–Trinajstić information content (AvgIpc) is 3.18. The fourth-order valence-electron chi connectivity index (χ4n) is 2.97. The van der Waals surface area contributed by atoms with Crippen molar-refractivity contribution in [1.82, 2.24) is 9.97 Å². The Hall–Kier alpha value is -1.96. The molecule has 2 aromatic heterocycles. The van der Waals surface area contributed by atoms with Crippen LogP contribution in [0, 0.1) is 0 Å². The summed E-state index contributed by atoms with van der Waals surface area (Å²) in [6.07, 6.45) is 5.84. The first-order chi connectivity index (χ1) is 14.2. The Bertz CT molecular complexity index is 966. The predicted octanol–water partition coefficient (Wildman–Crippen LogP) is 6.02. The van der Waals surface area contributed by atoms with Gasteiger partial charge in [-0.05, 0) is 48.7 Å². The molecule has 0 spiro atoms. The van der Waals surface area contributed by atoms with Crippen molar-refractivity contribution in [3.63, 3.8) is 0 Å². The fourth-order valence-corrected chi connectivity index (χ4v) is 4.86. The van der Waals surface area contributed by atoms with E-state index >= 15 is 0 Å². The van der Waals surface area contributed by atoms with Gasteiger partial charge in [-0.15, -0.1) is 11.3 Å². The smallest absolute Gasteiger partial charge is 0.250 e. The van der Waals surface area contributed by atoms with Gasteiger partial charge >= 0.3 is 0 Å². The maximum Gasteiger partial charge on any atom is 0.250 e. The van der Waals surface area contributed by atoms with Crippen LogP contribution in [0.5, 0.6) is 0 Å². The van der Waals surface area contributed by atoms with Crippen molar-refractivity contribution in [2.24, 2.45) is 0 Å². The minimum Gasteiger partial charge on any atom is -0.544 e. The number of anilines is 1. The average molecular weight is 444 g/mol. The van der Waals surface area contributed by atoms with E-state index in [4.69, 9.17) is 19.1 Å². The van der Waals surface area contributed by atoms with Gasteiger partial charge in [-0.25, -0.2) is 9.97 Å². The van der Waals surface area contributed by atoms with Crippen LogP contribution in [-0.2, 0) is 9.16 Å². The maximum atomic E-state index is 6.49. The van der Waals surface area contributed by atoms with Crippen LogP contribution in [-0.4, -0.2) is 44.6 Å². The van der Waals surface area contributed by atoms with Crippen LogP contribution < -0.4 is 4.90 Å². The second-order valence-corrected chi connectivity index (χ2v) is 14.6. The van der Waals surface area contributed by atoms with Gasteiger partial charge in [-0.3, -0.25) is 0 Å². The second kappa shape index (κ2) is 9.04. The van der Waals surface area contributed by atoms with Crippen molar-refractivity contribution in [2.75, 3.05) is 31.2 Å². The molecule has 0 amide bonds. The molecule has 162 valence electrons. The molecule has 0 radical (unpaired) electrons. The first kappa shape index (κ1) is 22.7. The van der Waals surface area contributed by atoms with E-state index in [1.807, 2.05) is 19.1 Å². The first-order valence-electron chi connectivity index (χ1n) is 10.4. The molecular weight excluding hydrogens is 410 g/mol. The lowest BCUT2D eigenvalue weighted by molar-refractivity contribution is 0.122. The van der Waals surface area contributed by atoms with E-state index in [1.54, 1.807) is 17.4 Å². The molecule has 2 aromatic rings. The number of rotatable bonds is 6. The fraction of sp³-hybridized carbons (Fsp3) is 0.478. The Morgan fingerprint density at radius 2 is 1.97 bits per heavy atom. The molecule has 0 bridgehead atoms. The Morgan fingerprint density at radius 3 is 2.57 bits per heavy atom. The van der Waals surface area contributed by atoms with E-state index in [0.29, 0.717) is 5.82 Å². The highest BCUT2D eigenvalue weighted by Gasteiger charge is 2.39. The zero-order valence-electron chi connectivity index (χ0n) is 19.0. The van der Waals surface area contributed by atoms with Crippen molar-refractivity contribution in [2.45, 2.75) is 45.8 Å². The number of thiophene rings is 1. The number of nitrogens with zero attached hydrogens (tertiary/aromatic N) is 3. The number of ether oxygens (including phenoxy) is 1. The third-order valence-corrected chi connectivity index (χ3v) is 11.1. The predicted molar refractivity (Wildman–Crippen MR) is 131 cm³/mol. The van der Waals surface area contributed by atoms with Crippen LogP contribution in [0.15, 0.2) is 42.0 Å². The van der Waals surface area contributed by atoms with Gasteiger partial charge in [0.1, 0.15) is 5.76 Å². The molecule has 1 saturated heterocycles. The molecule has 1 aliphatic rings. The molecule has 5 nitrogen and oxygen atoms in total. The highest BCUT2D eigenvalue weighted by atomic mass is 32.1. The van der Waals surface area contributed by atoms with Crippen LogP contribution in [0.2, 0.25) is 18.1 Å². The minimum atomic E-state index is -1.97. The summed E-state index contributed by atoms with van der Waals surface area (Å²) in [6.45, 7) is 20.3. The molecule has 0 atom stereocenters. The Balaban J connectivity index is 2.00. The maximum absolute atomic E-state index is 6.49. The Kier molecular flexibility index (Phi) is 6.84. The van der Waals surface area contributed by atoms with Gasteiger partial charge in [0, 0.05) is 18.7 Å².